The van der Waals surface area contributed by atoms with Gasteiger partial charge in [-0.3, -0.25) is 14.4 Å². The number of hydrogen-bond acceptors (Lipinski definition) is 3. The van der Waals surface area contributed by atoms with Crippen molar-refractivity contribution >= 4 is 25.3 Å². The van der Waals surface area contributed by atoms with Crippen molar-refractivity contribution in [2.45, 2.75) is 194 Å². The van der Waals surface area contributed by atoms with E-state index in [1.54, 1.807) is 0 Å². The minimum atomic E-state index is -0.407. The molecular formula is C36H69O3P. The van der Waals surface area contributed by atoms with Gasteiger partial charge in [0.25, 0.3) is 0 Å². The summed E-state index contributed by atoms with van der Waals surface area (Å²) in [6.07, 6.45) is 32.9. The highest BCUT2D eigenvalue weighted by atomic mass is 31.1. The van der Waals surface area contributed by atoms with Crippen LogP contribution in [-0.4, -0.2) is 35.8 Å². The fourth-order valence-electron chi connectivity index (χ4n) is 5.40. The molecule has 4 heteroatoms. The van der Waals surface area contributed by atoms with Gasteiger partial charge < -0.3 is 0 Å². The lowest BCUT2D eigenvalue weighted by Crippen LogP contribution is -2.09. The quantitative estimate of drug-likeness (QED) is 0.0573. The minimum Gasteiger partial charge on any atom is -0.300 e. The summed E-state index contributed by atoms with van der Waals surface area (Å²) in [7, 11) is -0.407. The van der Waals surface area contributed by atoms with Crippen LogP contribution in [-0.2, 0) is 14.4 Å². The number of unbranched alkanes of at least 4 members (excludes halogenated alkanes) is 18. The predicted molar refractivity (Wildman–Crippen MR) is 178 cm³/mol. The topological polar surface area (TPSA) is 51.2 Å². The molecule has 0 radical (unpaired) electrons. The van der Waals surface area contributed by atoms with Gasteiger partial charge in [0.2, 0.25) is 0 Å². The van der Waals surface area contributed by atoms with E-state index in [2.05, 4.69) is 20.8 Å². The van der Waals surface area contributed by atoms with Crippen molar-refractivity contribution in [3.63, 3.8) is 0 Å². The van der Waals surface area contributed by atoms with E-state index in [0.29, 0.717) is 55.9 Å². The molecular weight excluding hydrogens is 511 g/mol. The maximum Gasteiger partial charge on any atom is 0.133 e. The summed E-state index contributed by atoms with van der Waals surface area (Å²) >= 11 is 0. The molecule has 0 amide bonds. The lowest BCUT2D eigenvalue weighted by atomic mass is 10.1. The second-order valence-corrected chi connectivity index (χ2v) is 15.0. The van der Waals surface area contributed by atoms with Crippen molar-refractivity contribution in [2.24, 2.45) is 0 Å². The lowest BCUT2D eigenvalue weighted by Gasteiger charge is -2.17. The summed E-state index contributed by atoms with van der Waals surface area (Å²) < 4.78 is 0. The van der Waals surface area contributed by atoms with Crippen molar-refractivity contribution in [2.75, 3.05) is 18.5 Å². The first-order valence-corrected chi connectivity index (χ1v) is 19.7. The molecule has 0 bridgehead atoms. The third-order valence-electron chi connectivity index (χ3n) is 8.30. The van der Waals surface area contributed by atoms with Crippen molar-refractivity contribution < 1.29 is 14.4 Å². The molecule has 0 aromatic rings. The Morgan fingerprint density at radius 3 is 0.800 bits per heavy atom. The van der Waals surface area contributed by atoms with Crippen LogP contribution in [0.3, 0.4) is 0 Å². The summed E-state index contributed by atoms with van der Waals surface area (Å²) in [6.45, 7) is 6.73. The number of ketones is 3. The van der Waals surface area contributed by atoms with Gasteiger partial charge in [-0.15, -0.1) is 7.92 Å². The Morgan fingerprint density at radius 1 is 0.325 bits per heavy atom. The highest BCUT2D eigenvalue weighted by Crippen LogP contribution is 2.38. The summed E-state index contributed by atoms with van der Waals surface area (Å²) in [4.78, 5) is 37.7. The van der Waals surface area contributed by atoms with E-state index in [9.17, 15) is 14.4 Å². The normalized spacial score (nSPS) is 11.4. The van der Waals surface area contributed by atoms with E-state index in [1.165, 1.54) is 116 Å². The minimum absolute atomic E-state index is 0.393. The van der Waals surface area contributed by atoms with Crippen LogP contribution in [0.5, 0.6) is 0 Å². The summed E-state index contributed by atoms with van der Waals surface area (Å²) in [5, 5.41) is 0. The Kier molecular flexibility index (Phi) is 30.9. The summed E-state index contributed by atoms with van der Waals surface area (Å²) in [5.41, 5.74) is 0. The van der Waals surface area contributed by atoms with Crippen LogP contribution in [0.15, 0.2) is 0 Å². The highest BCUT2D eigenvalue weighted by molar-refractivity contribution is 7.57. The van der Waals surface area contributed by atoms with E-state index in [1.807, 2.05) is 0 Å². The Morgan fingerprint density at radius 2 is 0.550 bits per heavy atom. The van der Waals surface area contributed by atoms with Crippen molar-refractivity contribution in [1.82, 2.24) is 0 Å². The molecule has 0 aromatic carbocycles. The SMILES string of the molecule is CCCCCCCCCC(=O)CCP(CCC(=O)CCCCCCCCC)CCC(=O)CCCCCCCCC. The van der Waals surface area contributed by atoms with Crippen LogP contribution < -0.4 is 0 Å². The number of hydrogen-bond donors (Lipinski definition) is 0. The van der Waals surface area contributed by atoms with Gasteiger partial charge in [0, 0.05) is 38.5 Å². The molecule has 40 heavy (non-hydrogen) atoms. The zero-order valence-corrected chi connectivity index (χ0v) is 28.3. The molecule has 236 valence electrons. The Labute approximate surface area is 251 Å². The lowest BCUT2D eigenvalue weighted by molar-refractivity contribution is -0.119. The third kappa shape index (κ3) is 29.0. The zero-order chi connectivity index (χ0) is 29.5. The van der Waals surface area contributed by atoms with Gasteiger partial charge in [0.05, 0.1) is 0 Å². The van der Waals surface area contributed by atoms with Crippen LogP contribution in [0.1, 0.15) is 194 Å². The van der Waals surface area contributed by atoms with Gasteiger partial charge >= 0.3 is 0 Å². The number of carbonyl (C=O) groups excluding carboxylic acids is 3. The van der Waals surface area contributed by atoms with Gasteiger partial charge in [0.15, 0.2) is 0 Å². The molecule has 0 unspecified atom stereocenters. The van der Waals surface area contributed by atoms with Crippen molar-refractivity contribution in [3.8, 4) is 0 Å². The van der Waals surface area contributed by atoms with Gasteiger partial charge in [-0.25, -0.2) is 0 Å². The Balaban J connectivity index is 4.34. The van der Waals surface area contributed by atoms with Crippen molar-refractivity contribution in [3.05, 3.63) is 0 Å². The highest BCUT2D eigenvalue weighted by Gasteiger charge is 2.15. The predicted octanol–water partition coefficient (Wildman–Crippen LogP) is 11.8. The van der Waals surface area contributed by atoms with E-state index >= 15 is 0 Å². The first kappa shape index (κ1) is 39.4. The van der Waals surface area contributed by atoms with E-state index in [0.717, 1.165) is 37.7 Å². The molecule has 0 rings (SSSR count). The standard InChI is InChI=1S/C36H69O3P/c1-4-7-10-13-16-19-22-25-34(37)28-31-40(32-29-35(38)26-23-20-17-14-11-8-5-2)33-30-36(39)27-24-21-18-15-12-9-6-3/h4-33H2,1-3H3. The number of rotatable bonds is 33. The van der Waals surface area contributed by atoms with Crippen LogP contribution >= 0.6 is 7.92 Å². The van der Waals surface area contributed by atoms with Crippen molar-refractivity contribution in [1.29, 1.82) is 0 Å². The molecule has 0 N–H and O–H groups in total. The summed E-state index contributed by atoms with van der Waals surface area (Å²) in [5.74, 6) is 1.18. The zero-order valence-electron chi connectivity index (χ0n) is 27.4. The van der Waals surface area contributed by atoms with Crippen LogP contribution in [0, 0.1) is 0 Å². The molecule has 0 aliphatic heterocycles. The van der Waals surface area contributed by atoms with E-state index < -0.39 is 7.92 Å². The molecule has 0 fully saturated rings. The second-order valence-electron chi connectivity index (χ2n) is 12.3. The molecule has 3 nitrogen and oxygen atoms in total. The second kappa shape index (κ2) is 31.4. The number of Topliss-reactive ketones (excluding diaryl/α,β-unsaturated/α-hetero) is 3. The van der Waals surface area contributed by atoms with Crippen LogP contribution in [0.25, 0.3) is 0 Å². The molecule has 0 atom stereocenters. The first-order chi connectivity index (χ1) is 19.5. The Hall–Kier alpha value is -0.560. The molecule has 0 heterocycles. The van der Waals surface area contributed by atoms with Gasteiger partial charge in [-0.1, -0.05) is 136 Å². The molecule has 0 aliphatic rings. The average Bonchev–Trinajstić information content (AvgIpc) is 2.95. The van der Waals surface area contributed by atoms with Crippen LogP contribution in [0.4, 0.5) is 0 Å². The Bertz CT molecular complexity index is 508. The van der Waals surface area contributed by atoms with E-state index in [4.69, 9.17) is 0 Å². The first-order valence-electron chi connectivity index (χ1n) is 17.8. The van der Waals surface area contributed by atoms with Gasteiger partial charge in [-0.2, -0.15) is 0 Å². The smallest absolute Gasteiger partial charge is 0.133 e. The number of carbonyl (C=O) groups is 3. The van der Waals surface area contributed by atoms with E-state index in [-0.39, 0.29) is 0 Å². The monoisotopic (exact) mass is 580 g/mol. The van der Waals surface area contributed by atoms with Gasteiger partial charge in [-0.05, 0) is 37.7 Å². The molecule has 0 saturated heterocycles. The molecule has 0 saturated carbocycles. The molecule has 0 aliphatic carbocycles. The fraction of sp³-hybridized carbons (Fsp3) is 0.917. The maximum absolute atomic E-state index is 12.6. The average molecular weight is 581 g/mol. The maximum atomic E-state index is 12.6. The fourth-order valence-corrected chi connectivity index (χ4v) is 7.76. The molecule has 0 aromatic heterocycles. The largest absolute Gasteiger partial charge is 0.300 e. The van der Waals surface area contributed by atoms with Crippen LogP contribution in [0.2, 0.25) is 0 Å². The van der Waals surface area contributed by atoms with Gasteiger partial charge in [0.1, 0.15) is 17.3 Å². The summed E-state index contributed by atoms with van der Waals surface area (Å²) in [6, 6.07) is 0. The third-order valence-corrected chi connectivity index (χ3v) is 10.9. The molecule has 0 spiro atoms.